The quantitative estimate of drug-likeness (QED) is 0.637. The molecule has 2 unspecified atom stereocenters. The third kappa shape index (κ3) is 5.41. The summed E-state index contributed by atoms with van der Waals surface area (Å²) < 4.78 is 10.6. The van der Waals surface area contributed by atoms with Gasteiger partial charge in [0.1, 0.15) is 12.1 Å². The van der Waals surface area contributed by atoms with Crippen LogP contribution in [0.15, 0.2) is 48.5 Å². The summed E-state index contributed by atoms with van der Waals surface area (Å²) in [5, 5.41) is 12.5. The molecule has 0 radical (unpaired) electrons. The highest BCUT2D eigenvalue weighted by atomic mass is 35.5. The van der Waals surface area contributed by atoms with Crippen molar-refractivity contribution in [3.8, 4) is 11.5 Å². The molecule has 0 aromatic heterocycles. The maximum atomic E-state index is 10.4. The fourth-order valence-corrected chi connectivity index (χ4v) is 2.63. The molecule has 0 aliphatic rings. The monoisotopic (exact) mass is 351 g/mol. The summed E-state index contributed by atoms with van der Waals surface area (Å²) in [6.07, 6.45) is 0.452. The predicted molar refractivity (Wildman–Crippen MR) is 90.9 cm³/mol. The number of ether oxygens (including phenoxy) is 2. The third-order valence-corrected chi connectivity index (χ3v) is 4.06. The van der Waals surface area contributed by atoms with Gasteiger partial charge in [-0.3, -0.25) is 0 Å². The molecule has 0 saturated heterocycles. The molecule has 0 heterocycles. The summed E-state index contributed by atoms with van der Waals surface area (Å²) in [7, 11) is 3.28. The Morgan fingerprint density at radius 2 is 1.67 bits per heavy atom. The van der Waals surface area contributed by atoms with Crippen molar-refractivity contribution in [2.75, 3.05) is 20.8 Å². The molecule has 5 heteroatoms. The second-order valence-electron chi connectivity index (χ2n) is 5.68. The molecule has 2 rings (SSSR count). The van der Waals surface area contributed by atoms with Crippen LogP contribution in [0.5, 0.6) is 11.5 Å². The highest BCUT2D eigenvalue weighted by molar-refractivity contribution is 5.42. The Labute approximate surface area is 150 Å². The lowest BCUT2D eigenvalue weighted by Gasteiger charge is -2.18. The van der Waals surface area contributed by atoms with E-state index in [1.807, 2.05) is 55.5 Å². The number of hydrogen-bond acceptors (Lipinski definition) is 3. The van der Waals surface area contributed by atoms with Crippen molar-refractivity contribution in [3.63, 3.8) is 0 Å². The molecule has 24 heavy (non-hydrogen) atoms. The van der Waals surface area contributed by atoms with E-state index in [0.717, 1.165) is 30.0 Å². The van der Waals surface area contributed by atoms with Crippen LogP contribution in [-0.4, -0.2) is 31.9 Å². The Morgan fingerprint density at radius 1 is 1.00 bits per heavy atom. The molecule has 0 spiro atoms. The van der Waals surface area contributed by atoms with Gasteiger partial charge in [-0.1, -0.05) is 36.4 Å². The topological polar surface area (TPSA) is 55.3 Å². The number of hydrogen-bond donors (Lipinski definition) is 2. The fraction of sp³-hybridized carbons (Fsp3) is 0.368. The molecular formula is C19H26ClNO3. The maximum Gasteiger partial charge on any atom is 0.160 e. The predicted octanol–water partition coefficient (Wildman–Crippen LogP) is -1.06. The molecule has 0 fully saturated rings. The van der Waals surface area contributed by atoms with Gasteiger partial charge < -0.3 is 32.3 Å². The first-order valence-electron chi connectivity index (χ1n) is 7.93. The molecule has 4 nitrogen and oxygen atoms in total. The van der Waals surface area contributed by atoms with Gasteiger partial charge in [0, 0.05) is 6.42 Å². The molecule has 0 amide bonds. The van der Waals surface area contributed by atoms with Gasteiger partial charge in [-0.15, -0.1) is 0 Å². The van der Waals surface area contributed by atoms with E-state index in [0.29, 0.717) is 0 Å². The molecule has 0 saturated carbocycles. The van der Waals surface area contributed by atoms with Crippen LogP contribution in [0.1, 0.15) is 24.2 Å². The molecular weight excluding hydrogens is 326 g/mol. The first kappa shape index (κ1) is 20.3. The van der Waals surface area contributed by atoms with Gasteiger partial charge in [-0.25, -0.2) is 0 Å². The number of nitrogens with two attached hydrogens (primary N) is 1. The second kappa shape index (κ2) is 10.2. The van der Waals surface area contributed by atoms with E-state index < -0.39 is 6.10 Å². The minimum absolute atomic E-state index is 0. The molecule has 2 atom stereocenters. The van der Waals surface area contributed by atoms with Crippen molar-refractivity contribution >= 4 is 0 Å². The van der Waals surface area contributed by atoms with Crippen molar-refractivity contribution in [3.05, 3.63) is 59.7 Å². The maximum absolute atomic E-state index is 10.4. The van der Waals surface area contributed by atoms with E-state index >= 15 is 0 Å². The van der Waals surface area contributed by atoms with Crippen LogP contribution < -0.4 is 27.2 Å². The molecule has 2 aromatic rings. The zero-order valence-corrected chi connectivity index (χ0v) is 15.2. The van der Waals surface area contributed by atoms with Gasteiger partial charge in [-0.05, 0) is 30.2 Å². The summed E-state index contributed by atoms with van der Waals surface area (Å²) in [5.74, 6) is 1.50. The molecule has 0 aliphatic carbocycles. The number of aliphatic hydroxyl groups is 1. The van der Waals surface area contributed by atoms with E-state index in [1.54, 1.807) is 14.2 Å². The average Bonchev–Trinajstić information content (AvgIpc) is 2.61. The third-order valence-electron chi connectivity index (χ3n) is 4.06. The lowest BCUT2D eigenvalue weighted by molar-refractivity contribution is -0.694. The lowest BCUT2D eigenvalue weighted by atomic mass is 10.0. The number of benzene rings is 2. The molecule has 0 bridgehead atoms. The number of quaternary nitrogens is 1. The summed E-state index contributed by atoms with van der Waals surface area (Å²) in [5.41, 5.74) is 2.16. The minimum Gasteiger partial charge on any atom is -1.00 e. The van der Waals surface area contributed by atoms with Gasteiger partial charge in [0.15, 0.2) is 11.5 Å². The first-order chi connectivity index (χ1) is 11.2. The molecule has 0 aliphatic heterocycles. The summed E-state index contributed by atoms with van der Waals surface area (Å²) >= 11 is 0. The van der Waals surface area contributed by atoms with Crippen molar-refractivity contribution in [2.45, 2.75) is 25.5 Å². The van der Waals surface area contributed by atoms with E-state index in [9.17, 15) is 5.11 Å². The van der Waals surface area contributed by atoms with Crippen molar-refractivity contribution < 1.29 is 32.3 Å². The van der Waals surface area contributed by atoms with E-state index in [2.05, 4.69) is 5.32 Å². The second-order valence-corrected chi connectivity index (χ2v) is 5.68. The first-order valence-corrected chi connectivity index (χ1v) is 7.93. The SMILES string of the molecule is COc1ccc(CC[NH2+]C(C)C(O)c2ccccc2)cc1OC.[Cl-]. The van der Waals surface area contributed by atoms with Crippen LogP contribution in [0.4, 0.5) is 0 Å². The molecule has 3 N–H and O–H groups in total. The van der Waals surface area contributed by atoms with Crippen LogP contribution in [-0.2, 0) is 6.42 Å². The highest BCUT2D eigenvalue weighted by Crippen LogP contribution is 2.27. The van der Waals surface area contributed by atoms with E-state index in [-0.39, 0.29) is 18.4 Å². The number of halogens is 1. The zero-order chi connectivity index (χ0) is 16.7. The fourth-order valence-electron chi connectivity index (χ4n) is 2.63. The Kier molecular flexibility index (Phi) is 8.61. The Bertz CT molecular complexity index is 607. The van der Waals surface area contributed by atoms with Crippen LogP contribution in [0.3, 0.4) is 0 Å². The normalized spacial score (nSPS) is 12.8. The molecule has 132 valence electrons. The van der Waals surface area contributed by atoms with Crippen LogP contribution in [0.25, 0.3) is 0 Å². The largest absolute Gasteiger partial charge is 1.00 e. The smallest absolute Gasteiger partial charge is 0.160 e. The van der Waals surface area contributed by atoms with Gasteiger partial charge in [0.05, 0.1) is 20.8 Å². The lowest BCUT2D eigenvalue weighted by Crippen LogP contribution is -3.00. The Hall–Kier alpha value is -1.75. The summed E-state index contributed by atoms with van der Waals surface area (Å²) in [6, 6.07) is 15.9. The van der Waals surface area contributed by atoms with Crippen molar-refractivity contribution in [2.24, 2.45) is 0 Å². The Balaban J connectivity index is 0.00000288. The summed E-state index contributed by atoms with van der Waals surface area (Å²) in [6.45, 7) is 2.95. The van der Waals surface area contributed by atoms with E-state index in [1.165, 1.54) is 5.56 Å². The standard InChI is InChI=1S/C19H25NO3.ClH/c1-14(19(21)16-7-5-4-6-8-16)20-12-11-15-9-10-17(22-2)18(13-15)23-3;/h4-10,13-14,19-21H,11-12H2,1-3H3;1H. The van der Waals surface area contributed by atoms with Crippen molar-refractivity contribution in [1.82, 2.24) is 0 Å². The van der Waals surface area contributed by atoms with Crippen LogP contribution >= 0.6 is 0 Å². The zero-order valence-electron chi connectivity index (χ0n) is 14.4. The highest BCUT2D eigenvalue weighted by Gasteiger charge is 2.18. The summed E-state index contributed by atoms with van der Waals surface area (Å²) in [4.78, 5) is 0. The van der Waals surface area contributed by atoms with Crippen molar-refractivity contribution in [1.29, 1.82) is 0 Å². The van der Waals surface area contributed by atoms with Gasteiger partial charge >= 0.3 is 0 Å². The van der Waals surface area contributed by atoms with E-state index in [4.69, 9.17) is 9.47 Å². The molecule has 2 aromatic carbocycles. The van der Waals surface area contributed by atoms with Gasteiger partial charge in [0.2, 0.25) is 0 Å². The number of rotatable bonds is 8. The van der Waals surface area contributed by atoms with Crippen LogP contribution in [0.2, 0.25) is 0 Å². The Morgan fingerprint density at radius 3 is 2.29 bits per heavy atom. The van der Waals surface area contributed by atoms with Gasteiger partial charge in [0.25, 0.3) is 0 Å². The average molecular weight is 352 g/mol. The minimum atomic E-state index is -0.457. The number of methoxy groups -OCH3 is 2. The van der Waals surface area contributed by atoms with Crippen LogP contribution in [0, 0.1) is 0 Å². The number of aliphatic hydroxyl groups excluding tert-OH is 1. The van der Waals surface area contributed by atoms with Gasteiger partial charge in [-0.2, -0.15) is 0 Å².